The van der Waals surface area contributed by atoms with Gasteiger partial charge in [0.1, 0.15) is 11.5 Å². The van der Waals surface area contributed by atoms with Crippen LogP contribution in [0.2, 0.25) is 5.02 Å². The van der Waals surface area contributed by atoms with Gasteiger partial charge < -0.3 is 9.73 Å². The molecule has 0 atom stereocenters. The Balaban J connectivity index is 1.58. The lowest BCUT2D eigenvalue weighted by Crippen LogP contribution is -2.32. The van der Waals surface area contributed by atoms with Crippen molar-refractivity contribution in [2.24, 2.45) is 5.10 Å². The molecule has 0 bridgehead atoms. The summed E-state index contributed by atoms with van der Waals surface area (Å²) in [6.45, 7) is 0. The number of anilines is 1. The van der Waals surface area contributed by atoms with E-state index in [1.807, 2.05) is 5.43 Å². The van der Waals surface area contributed by atoms with Gasteiger partial charge in [-0.05, 0) is 42.5 Å². The zero-order valence-electron chi connectivity index (χ0n) is 15.0. The molecule has 0 saturated carbocycles. The molecule has 0 radical (unpaired) electrons. The summed E-state index contributed by atoms with van der Waals surface area (Å²) in [7, 11) is 0. The summed E-state index contributed by atoms with van der Waals surface area (Å²) >= 11 is 5.93. The third kappa shape index (κ3) is 5.48. The van der Waals surface area contributed by atoms with Gasteiger partial charge in [-0.3, -0.25) is 9.59 Å². The lowest BCUT2D eigenvalue weighted by Gasteiger charge is -2.09. The Morgan fingerprint density at radius 1 is 1.00 bits per heavy atom. The summed E-state index contributed by atoms with van der Waals surface area (Å²) in [5.41, 5.74) is 1.58. The van der Waals surface area contributed by atoms with E-state index >= 15 is 0 Å². The highest BCUT2D eigenvalue weighted by molar-refractivity contribution is 6.39. The second-order valence-electron chi connectivity index (χ2n) is 5.94. The van der Waals surface area contributed by atoms with Gasteiger partial charge in [0.05, 0.1) is 11.8 Å². The molecule has 2 amide bonds. The van der Waals surface area contributed by atoms with Crippen molar-refractivity contribution in [2.45, 2.75) is 6.18 Å². The molecule has 2 N–H and O–H groups in total. The lowest BCUT2D eigenvalue weighted by atomic mass is 10.2. The molecule has 3 rings (SSSR count). The van der Waals surface area contributed by atoms with Crippen LogP contribution in [0.4, 0.5) is 18.9 Å². The Labute approximate surface area is 173 Å². The van der Waals surface area contributed by atoms with Crippen molar-refractivity contribution >= 4 is 35.3 Å². The third-order valence-electron chi connectivity index (χ3n) is 3.75. The molecule has 0 spiro atoms. The first-order valence-electron chi connectivity index (χ1n) is 8.40. The van der Waals surface area contributed by atoms with E-state index in [4.69, 9.17) is 16.0 Å². The number of nitrogens with zero attached hydrogens (tertiary/aromatic N) is 1. The van der Waals surface area contributed by atoms with Gasteiger partial charge in [0.15, 0.2) is 0 Å². The van der Waals surface area contributed by atoms with Gasteiger partial charge in [-0.15, -0.1) is 0 Å². The van der Waals surface area contributed by atoms with Gasteiger partial charge in [-0.2, -0.15) is 18.3 Å². The average Bonchev–Trinajstić information content (AvgIpc) is 3.16. The number of alkyl halides is 3. The Morgan fingerprint density at radius 3 is 2.50 bits per heavy atom. The number of nitrogens with one attached hydrogen (secondary N) is 2. The van der Waals surface area contributed by atoms with Gasteiger partial charge in [0.2, 0.25) is 0 Å². The van der Waals surface area contributed by atoms with Crippen LogP contribution in [0.1, 0.15) is 11.3 Å². The molecule has 1 aromatic heterocycles. The number of rotatable bonds is 4. The van der Waals surface area contributed by atoms with E-state index < -0.39 is 23.6 Å². The first-order chi connectivity index (χ1) is 14.2. The number of amides is 2. The minimum absolute atomic E-state index is 0.175. The third-order valence-corrected chi connectivity index (χ3v) is 3.98. The number of hydrazone groups is 1. The van der Waals surface area contributed by atoms with Crippen LogP contribution in [-0.4, -0.2) is 18.0 Å². The largest absolute Gasteiger partial charge is 0.455 e. The minimum atomic E-state index is -4.57. The fraction of sp³-hybridized carbons (Fsp3) is 0.0500. The summed E-state index contributed by atoms with van der Waals surface area (Å²) in [5.74, 6) is -1.52. The number of carbonyl (C=O) groups is 2. The SMILES string of the molecule is O=C(N/N=C/c1ccc(-c2cccc(Cl)c2)o1)C(=O)Nc1cccc(C(F)(F)F)c1. The van der Waals surface area contributed by atoms with Gasteiger partial charge in [-0.1, -0.05) is 29.8 Å². The number of halogens is 4. The predicted octanol–water partition coefficient (Wildman–Crippen LogP) is 4.71. The number of hydrogen-bond donors (Lipinski definition) is 2. The van der Waals surface area contributed by atoms with Crippen LogP contribution >= 0.6 is 11.6 Å². The highest BCUT2D eigenvalue weighted by Gasteiger charge is 2.30. The fourth-order valence-electron chi connectivity index (χ4n) is 2.39. The normalized spacial score (nSPS) is 11.5. The Bertz CT molecular complexity index is 1110. The minimum Gasteiger partial charge on any atom is -0.455 e. The standard InChI is InChI=1S/C20H13ClF3N3O3/c21-14-5-1-3-12(9-14)17-8-7-16(30-17)11-25-27-19(29)18(28)26-15-6-2-4-13(10-15)20(22,23)24/h1-11H,(H,26,28)(H,27,29)/b25-11+. The molecule has 0 fully saturated rings. The van der Waals surface area contributed by atoms with Crippen LogP contribution in [0.3, 0.4) is 0 Å². The molecular formula is C20H13ClF3N3O3. The summed E-state index contributed by atoms with van der Waals surface area (Å²) in [4.78, 5) is 23.6. The molecule has 0 unspecified atom stereocenters. The van der Waals surface area contributed by atoms with Crippen LogP contribution in [0.5, 0.6) is 0 Å². The van der Waals surface area contributed by atoms with Crippen LogP contribution < -0.4 is 10.7 Å². The molecule has 30 heavy (non-hydrogen) atoms. The second-order valence-corrected chi connectivity index (χ2v) is 6.38. The summed E-state index contributed by atoms with van der Waals surface area (Å²) in [6, 6.07) is 14.2. The molecule has 3 aromatic rings. The van der Waals surface area contributed by atoms with Crippen molar-refractivity contribution < 1.29 is 27.2 Å². The van der Waals surface area contributed by atoms with Crippen LogP contribution in [0, 0.1) is 0 Å². The predicted molar refractivity (Wildman–Crippen MR) is 105 cm³/mol. The Morgan fingerprint density at radius 2 is 1.77 bits per heavy atom. The zero-order valence-corrected chi connectivity index (χ0v) is 15.8. The van der Waals surface area contributed by atoms with Gasteiger partial charge in [0, 0.05) is 16.3 Å². The van der Waals surface area contributed by atoms with E-state index in [9.17, 15) is 22.8 Å². The molecule has 0 aliphatic carbocycles. The fourth-order valence-corrected chi connectivity index (χ4v) is 2.58. The monoisotopic (exact) mass is 435 g/mol. The summed E-state index contributed by atoms with van der Waals surface area (Å²) < 4.78 is 43.6. The van der Waals surface area contributed by atoms with E-state index in [2.05, 4.69) is 10.4 Å². The van der Waals surface area contributed by atoms with Crippen molar-refractivity contribution in [3.63, 3.8) is 0 Å². The molecular weight excluding hydrogens is 423 g/mol. The Kier molecular flexibility index (Phi) is 6.22. The van der Waals surface area contributed by atoms with Gasteiger partial charge in [0.25, 0.3) is 0 Å². The molecule has 1 heterocycles. The molecule has 0 saturated heterocycles. The van der Waals surface area contributed by atoms with Gasteiger partial charge in [-0.25, -0.2) is 5.43 Å². The van der Waals surface area contributed by atoms with Crippen molar-refractivity contribution in [2.75, 3.05) is 5.32 Å². The first-order valence-corrected chi connectivity index (χ1v) is 8.77. The Hall–Kier alpha value is -3.59. The van der Waals surface area contributed by atoms with Crippen molar-refractivity contribution in [3.05, 3.63) is 77.0 Å². The highest BCUT2D eigenvalue weighted by Crippen LogP contribution is 2.30. The molecule has 6 nitrogen and oxygen atoms in total. The number of carbonyl (C=O) groups excluding carboxylic acids is 2. The summed E-state index contributed by atoms with van der Waals surface area (Å²) in [5, 5.41) is 6.21. The van der Waals surface area contributed by atoms with E-state index in [1.54, 1.807) is 36.4 Å². The molecule has 154 valence electrons. The summed E-state index contributed by atoms with van der Waals surface area (Å²) in [6.07, 6.45) is -3.40. The first kappa shape index (κ1) is 21.1. The second kappa shape index (κ2) is 8.83. The van der Waals surface area contributed by atoms with Crippen LogP contribution in [0.15, 0.2) is 70.2 Å². The lowest BCUT2D eigenvalue weighted by molar-refractivity contribution is -0.137. The van der Waals surface area contributed by atoms with E-state index in [0.717, 1.165) is 17.7 Å². The number of furan rings is 1. The van der Waals surface area contributed by atoms with Crippen LogP contribution in [0.25, 0.3) is 11.3 Å². The maximum Gasteiger partial charge on any atom is 0.416 e. The number of benzene rings is 2. The highest BCUT2D eigenvalue weighted by atomic mass is 35.5. The number of hydrogen-bond acceptors (Lipinski definition) is 4. The molecule has 10 heteroatoms. The van der Waals surface area contributed by atoms with Gasteiger partial charge >= 0.3 is 18.0 Å². The van der Waals surface area contributed by atoms with Crippen molar-refractivity contribution in [1.82, 2.24) is 5.43 Å². The zero-order chi connectivity index (χ0) is 21.7. The average molecular weight is 436 g/mol. The molecule has 2 aromatic carbocycles. The molecule has 0 aliphatic heterocycles. The molecule has 0 aliphatic rings. The maximum atomic E-state index is 12.7. The van der Waals surface area contributed by atoms with Crippen LogP contribution in [-0.2, 0) is 15.8 Å². The topological polar surface area (TPSA) is 83.7 Å². The van der Waals surface area contributed by atoms with E-state index in [-0.39, 0.29) is 5.69 Å². The van der Waals surface area contributed by atoms with Crippen molar-refractivity contribution in [1.29, 1.82) is 0 Å². The maximum absolute atomic E-state index is 12.7. The quantitative estimate of drug-likeness (QED) is 0.354. The van der Waals surface area contributed by atoms with E-state index in [1.165, 1.54) is 12.3 Å². The van der Waals surface area contributed by atoms with E-state index in [0.29, 0.717) is 22.6 Å². The van der Waals surface area contributed by atoms with Crippen molar-refractivity contribution in [3.8, 4) is 11.3 Å². The smallest absolute Gasteiger partial charge is 0.416 e.